The molecule has 4 aromatic rings. The molecule has 0 radical (unpaired) electrons. The number of hydrogen-bond donors (Lipinski definition) is 0. The molecule has 2 aromatic heterocycles. The van der Waals surface area contributed by atoms with Gasteiger partial charge in [0.25, 0.3) is 0 Å². The van der Waals surface area contributed by atoms with Crippen LogP contribution >= 0.6 is 0 Å². The molecule has 0 atom stereocenters. The van der Waals surface area contributed by atoms with Crippen molar-refractivity contribution < 1.29 is 17.6 Å². The Balaban J connectivity index is 1.99. The number of aromatic nitrogens is 4. The van der Waals surface area contributed by atoms with Crippen molar-refractivity contribution in [2.24, 2.45) is 0 Å². The van der Waals surface area contributed by atoms with Crippen molar-refractivity contribution in [1.29, 1.82) is 0 Å². The second-order valence-electron chi connectivity index (χ2n) is 5.16. The minimum atomic E-state index is -4.52. The lowest BCUT2D eigenvalue weighted by Gasteiger charge is -2.09. The number of benzene rings is 2. The van der Waals surface area contributed by atoms with E-state index in [2.05, 4.69) is 15.1 Å². The van der Waals surface area contributed by atoms with Gasteiger partial charge in [0.2, 0.25) is 0 Å². The van der Waals surface area contributed by atoms with Gasteiger partial charge in [-0.1, -0.05) is 18.2 Å². The molecule has 2 heterocycles. The summed E-state index contributed by atoms with van der Waals surface area (Å²) < 4.78 is 54.0. The maximum Gasteiger partial charge on any atom is 0.418 e. The second kappa shape index (κ2) is 4.98. The molecular formula is C16H8F4N4. The second-order valence-corrected chi connectivity index (χ2v) is 5.16. The van der Waals surface area contributed by atoms with Crippen molar-refractivity contribution in [1.82, 2.24) is 19.6 Å². The zero-order valence-corrected chi connectivity index (χ0v) is 11.9. The van der Waals surface area contributed by atoms with Crippen LogP contribution in [0.25, 0.3) is 27.9 Å². The maximum atomic E-state index is 13.3. The third-order valence-corrected chi connectivity index (χ3v) is 3.59. The Labute approximate surface area is 132 Å². The fourth-order valence-corrected chi connectivity index (χ4v) is 2.54. The van der Waals surface area contributed by atoms with Gasteiger partial charge in [0.1, 0.15) is 12.1 Å². The van der Waals surface area contributed by atoms with E-state index in [0.717, 1.165) is 6.07 Å². The Hall–Kier alpha value is -3.03. The predicted molar refractivity (Wildman–Crippen MR) is 78.7 cm³/mol. The number of para-hydroxylation sites is 1. The summed E-state index contributed by atoms with van der Waals surface area (Å²) in [4.78, 5) is 8.12. The Morgan fingerprint density at radius 2 is 1.79 bits per heavy atom. The minimum Gasteiger partial charge on any atom is -0.235 e. The van der Waals surface area contributed by atoms with Crippen molar-refractivity contribution in [3.63, 3.8) is 0 Å². The Bertz CT molecular complexity index is 1070. The quantitative estimate of drug-likeness (QED) is 0.493. The Kier molecular flexibility index (Phi) is 3.02. The van der Waals surface area contributed by atoms with E-state index in [1.54, 1.807) is 6.07 Å². The van der Waals surface area contributed by atoms with Gasteiger partial charge >= 0.3 is 6.18 Å². The molecule has 0 unspecified atom stereocenters. The van der Waals surface area contributed by atoms with E-state index in [1.165, 1.54) is 41.2 Å². The van der Waals surface area contributed by atoms with Gasteiger partial charge in [-0.15, -0.1) is 5.10 Å². The molecule has 0 saturated carbocycles. The lowest BCUT2D eigenvalue weighted by Crippen LogP contribution is -2.07. The molecule has 0 aliphatic rings. The number of halogens is 4. The topological polar surface area (TPSA) is 43.1 Å². The van der Waals surface area contributed by atoms with Crippen LogP contribution in [0, 0.1) is 5.82 Å². The van der Waals surface area contributed by atoms with Crippen molar-refractivity contribution in [2.75, 3.05) is 0 Å². The normalized spacial score (nSPS) is 12.2. The van der Waals surface area contributed by atoms with Crippen molar-refractivity contribution in [3.05, 3.63) is 60.2 Å². The molecule has 0 aliphatic heterocycles. The van der Waals surface area contributed by atoms with E-state index in [9.17, 15) is 17.6 Å². The predicted octanol–water partition coefficient (Wildman–Crippen LogP) is 4.10. The molecule has 0 N–H and O–H groups in total. The molecule has 0 aliphatic carbocycles. The molecule has 8 heteroatoms. The molecule has 0 fully saturated rings. The van der Waals surface area contributed by atoms with Crippen LogP contribution in [0.3, 0.4) is 0 Å². The van der Waals surface area contributed by atoms with E-state index in [-0.39, 0.29) is 22.4 Å². The lowest BCUT2D eigenvalue weighted by atomic mass is 10.1. The number of rotatable bonds is 1. The van der Waals surface area contributed by atoms with Crippen LogP contribution in [0.1, 0.15) is 5.56 Å². The molecule has 4 nitrogen and oxygen atoms in total. The van der Waals surface area contributed by atoms with Crippen LogP contribution in [0.2, 0.25) is 0 Å². The van der Waals surface area contributed by atoms with Crippen molar-refractivity contribution >= 4 is 16.6 Å². The van der Waals surface area contributed by atoms with Crippen LogP contribution in [-0.4, -0.2) is 19.6 Å². The summed E-state index contributed by atoms with van der Waals surface area (Å²) in [5.74, 6) is -0.241. The standard InChI is InChI=1S/C16H8F4N4/c17-10-4-1-3-9(7-10)14-22-15-11-5-2-6-12(16(18,19)20)13(11)21-8-24(15)23-14/h1-8H. The van der Waals surface area contributed by atoms with Crippen LogP contribution in [0.4, 0.5) is 17.6 Å². The zero-order chi connectivity index (χ0) is 16.9. The fourth-order valence-electron chi connectivity index (χ4n) is 2.54. The van der Waals surface area contributed by atoms with Gasteiger partial charge < -0.3 is 0 Å². The first-order valence-electron chi connectivity index (χ1n) is 6.91. The summed E-state index contributed by atoms with van der Waals surface area (Å²) in [6, 6.07) is 9.43. The zero-order valence-electron chi connectivity index (χ0n) is 11.9. The van der Waals surface area contributed by atoms with Crippen LogP contribution in [-0.2, 0) is 6.18 Å². The highest BCUT2D eigenvalue weighted by Gasteiger charge is 2.33. The highest BCUT2D eigenvalue weighted by Crippen LogP contribution is 2.34. The number of hydrogen-bond acceptors (Lipinski definition) is 3. The minimum absolute atomic E-state index is 0.198. The summed E-state index contributed by atoms with van der Waals surface area (Å²) in [6.45, 7) is 0. The molecule has 2 aromatic carbocycles. The molecule has 24 heavy (non-hydrogen) atoms. The van der Waals surface area contributed by atoms with Gasteiger partial charge in [0, 0.05) is 10.9 Å². The third kappa shape index (κ3) is 2.27. The molecule has 0 amide bonds. The van der Waals surface area contributed by atoms with Gasteiger partial charge in [-0.3, -0.25) is 0 Å². The number of alkyl halides is 3. The van der Waals surface area contributed by atoms with E-state index in [1.807, 2.05) is 0 Å². The monoisotopic (exact) mass is 332 g/mol. The summed E-state index contributed by atoms with van der Waals surface area (Å²) in [6.07, 6.45) is -3.35. The summed E-state index contributed by atoms with van der Waals surface area (Å²) in [5, 5.41) is 4.39. The third-order valence-electron chi connectivity index (χ3n) is 3.59. The number of nitrogens with zero attached hydrogens (tertiary/aromatic N) is 4. The van der Waals surface area contributed by atoms with E-state index in [4.69, 9.17) is 0 Å². The fraction of sp³-hybridized carbons (Fsp3) is 0.0625. The van der Waals surface area contributed by atoms with Crippen molar-refractivity contribution in [3.8, 4) is 11.4 Å². The molecule has 0 saturated heterocycles. The Morgan fingerprint density at radius 1 is 1.00 bits per heavy atom. The number of fused-ring (bicyclic) bond motifs is 3. The Morgan fingerprint density at radius 3 is 2.54 bits per heavy atom. The maximum absolute atomic E-state index is 13.3. The lowest BCUT2D eigenvalue weighted by molar-refractivity contribution is -0.136. The van der Waals surface area contributed by atoms with Crippen LogP contribution in [0.15, 0.2) is 48.8 Å². The van der Waals surface area contributed by atoms with Crippen LogP contribution < -0.4 is 0 Å². The van der Waals surface area contributed by atoms with Gasteiger partial charge in [-0.2, -0.15) is 13.2 Å². The van der Waals surface area contributed by atoms with Gasteiger partial charge in [-0.05, 0) is 24.3 Å². The molecule has 4 rings (SSSR count). The van der Waals surface area contributed by atoms with Gasteiger partial charge in [-0.25, -0.2) is 18.9 Å². The van der Waals surface area contributed by atoms with Crippen LogP contribution in [0.5, 0.6) is 0 Å². The smallest absolute Gasteiger partial charge is 0.235 e. The molecule has 120 valence electrons. The average molecular weight is 332 g/mol. The molecule has 0 bridgehead atoms. The summed E-state index contributed by atoms with van der Waals surface area (Å²) in [5.41, 5.74) is -0.377. The highest BCUT2D eigenvalue weighted by atomic mass is 19.4. The largest absolute Gasteiger partial charge is 0.418 e. The highest BCUT2D eigenvalue weighted by molar-refractivity contribution is 5.93. The van der Waals surface area contributed by atoms with Gasteiger partial charge in [0.05, 0.1) is 11.1 Å². The first kappa shape index (κ1) is 14.6. The first-order chi connectivity index (χ1) is 11.4. The summed E-state index contributed by atoms with van der Waals surface area (Å²) in [7, 11) is 0. The molecular weight excluding hydrogens is 324 g/mol. The van der Waals surface area contributed by atoms with E-state index < -0.39 is 17.6 Å². The SMILES string of the molecule is Fc1cccc(-c2nc3c4cccc(C(F)(F)F)c4ncn3n2)c1. The summed E-state index contributed by atoms with van der Waals surface area (Å²) >= 11 is 0. The first-order valence-corrected chi connectivity index (χ1v) is 6.91. The molecule has 0 spiro atoms. The van der Waals surface area contributed by atoms with Gasteiger partial charge in [0.15, 0.2) is 11.5 Å². The van der Waals surface area contributed by atoms with E-state index >= 15 is 0 Å². The van der Waals surface area contributed by atoms with Crippen molar-refractivity contribution in [2.45, 2.75) is 6.18 Å². The average Bonchev–Trinajstić information content (AvgIpc) is 2.98. The van der Waals surface area contributed by atoms with E-state index in [0.29, 0.717) is 5.56 Å².